The Balaban J connectivity index is 2.69. The lowest BCUT2D eigenvalue weighted by molar-refractivity contribution is 0.492. The van der Waals surface area contributed by atoms with Crippen LogP contribution in [-0.2, 0) is 0 Å². The first-order chi connectivity index (χ1) is 7.27. The van der Waals surface area contributed by atoms with Crippen molar-refractivity contribution in [2.24, 2.45) is 0 Å². The molecule has 0 aliphatic heterocycles. The van der Waals surface area contributed by atoms with Crippen molar-refractivity contribution in [2.75, 3.05) is 6.54 Å². The van der Waals surface area contributed by atoms with E-state index in [0.717, 1.165) is 6.54 Å². The van der Waals surface area contributed by atoms with Gasteiger partial charge in [-0.05, 0) is 37.4 Å². The Morgan fingerprint density at radius 3 is 2.67 bits per heavy atom. The molecule has 1 N–H and O–H groups in total. The van der Waals surface area contributed by atoms with Gasteiger partial charge in [0, 0.05) is 18.4 Å². The Bertz CT molecular complexity index is 284. The SMILES string of the molecule is CCCNC(CCC)c1cncc(C)c1. The molecule has 84 valence electrons. The normalized spacial score (nSPS) is 12.7. The molecule has 0 aromatic carbocycles. The van der Waals surface area contributed by atoms with Crippen molar-refractivity contribution >= 4 is 0 Å². The fourth-order valence-corrected chi connectivity index (χ4v) is 1.76. The second-order valence-electron chi connectivity index (χ2n) is 4.09. The number of aryl methyl sites for hydroxylation is 1. The molecule has 1 atom stereocenters. The summed E-state index contributed by atoms with van der Waals surface area (Å²) >= 11 is 0. The zero-order chi connectivity index (χ0) is 11.1. The van der Waals surface area contributed by atoms with Crippen LogP contribution in [0.25, 0.3) is 0 Å². The first-order valence-corrected chi connectivity index (χ1v) is 5.92. The van der Waals surface area contributed by atoms with Gasteiger partial charge < -0.3 is 5.32 Å². The number of pyridine rings is 1. The summed E-state index contributed by atoms with van der Waals surface area (Å²) in [7, 11) is 0. The van der Waals surface area contributed by atoms with E-state index < -0.39 is 0 Å². The van der Waals surface area contributed by atoms with E-state index in [-0.39, 0.29) is 0 Å². The molecular formula is C13H22N2. The summed E-state index contributed by atoms with van der Waals surface area (Å²) in [6.45, 7) is 7.60. The van der Waals surface area contributed by atoms with E-state index in [1.165, 1.54) is 30.4 Å². The predicted molar refractivity (Wildman–Crippen MR) is 64.9 cm³/mol. The van der Waals surface area contributed by atoms with Crippen molar-refractivity contribution in [1.82, 2.24) is 10.3 Å². The fourth-order valence-electron chi connectivity index (χ4n) is 1.76. The number of aromatic nitrogens is 1. The highest BCUT2D eigenvalue weighted by Crippen LogP contribution is 2.18. The van der Waals surface area contributed by atoms with Gasteiger partial charge >= 0.3 is 0 Å². The maximum Gasteiger partial charge on any atom is 0.0335 e. The molecular weight excluding hydrogens is 184 g/mol. The molecule has 2 heteroatoms. The molecule has 0 bridgehead atoms. The molecule has 0 saturated carbocycles. The van der Waals surface area contributed by atoms with Gasteiger partial charge in [0.05, 0.1) is 0 Å². The summed E-state index contributed by atoms with van der Waals surface area (Å²) < 4.78 is 0. The molecule has 0 saturated heterocycles. The topological polar surface area (TPSA) is 24.9 Å². The molecule has 1 aromatic heterocycles. The molecule has 15 heavy (non-hydrogen) atoms. The van der Waals surface area contributed by atoms with E-state index in [9.17, 15) is 0 Å². The molecule has 0 fully saturated rings. The van der Waals surface area contributed by atoms with Crippen LogP contribution in [0.15, 0.2) is 18.5 Å². The fraction of sp³-hybridized carbons (Fsp3) is 0.615. The number of hydrogen-bond acceptors (Lipinski definition) is 2. The maximum atomic E-state index is 4.26. The summed E-state index contributed by atoms with van der Waals surface area (Å²) in [4.78, 5) is 4.26. The van der Waals surface area contributed by atoms with Crippen LogP contribution in [0.3, 0.4) is 0 Å². The summed E-state index contributed by atoms with van der Waals surface area (Å²) in [6.07, 6.45) is 7.46. The molecule has 0 radical (unpaired) electrons. The smallest absolute Gasteiger partial charge is 0.0335 e. The number of nitrogens with one attached hydrogen (secondary N) is 1. The monoisotopic (exact) mass is 206 g/mol. The quantitative estimate of drug-likeness (QED) is 0.773. The Hall–Kier alpha value is -0.890. The Kier molecular flexibility index (Phi) is 5.33. The largest absolute Gasteiger partial charge is 0.310 e. The van der Waals surface area contributed by atoms with Gasteiger partial charge in [-0.25, -0.2) is 0 Å². The Morgan fingerprint density at radius 2 is 2.07 bits per heavy atom. The van der Waals surface area contributed by atoms with Gasteiger partial charge in [-0.1, -0.05) is 26.3 Å². The first-order valence-electron chi connectivity index (χ1n) is 5.92. The standard InChI is InChI=1S/C13H22N2/c1-4-6-13(15-7-5-2)12-8-11(3)9-14-10-12/h8-10,13,15H,4-7H2,1-3H3. The van der Waals surface area contributed by atoms with Crippen molar-refractivity contribution in [3.8, 4) is 0 Å². The maximum absolute atomic E-state index is 4.26. The second kappa shape index (κ2) is 6.57. The van der Waals surface area contributed by atoms with Crippen molar-refractivity contribution in [3.63, 3.8) is 0 Å². The van der Waals surface area contributed by atoms with E-state index in [2.05, 4.69) is 37.1 Å². The van der Waals surface area contributed by atoms with Crippen LogP contribution >= 0.6 is 0 Å². The van der Waals surface area contributed by atoms with Crippen LogP contribution < -0.4 is 5.32 Å². The van der Waals surface area contributed by atoms with Gasteiger partial charge in [0.15, 0.2) is 0 Å². The second-order valence-corrected chi connectivity index (χ2v) is 4.09. The third kappa shape index (κ3) is 4.00. The van der Waals surface area contributed by atoms with Crippen LogP contribution in [0.1, 0.15) is 50.3 Å². The molecule has 1 aromatic rings. The summed E-state index contributed by atoms with van der Waals surface area (Å²) in [5.74, 6) is 0. The number of hydrogen-bond donors (Lipinski definition) is 1. The number of nitrogens with zero attached hydrogens (tertiary/aromatic N) is 1. The zero-order valence-corrected chi connectivity index (χ0v) is 10.1. The molecule has 2 nitrogen and oxygen atoms in total. The van der Waals surface area contributed by atoms with E-state index in [4.69, 9.17) is 0 Å². The Morgan fingerprint density at radius 1 is 1.27 bits per heavy atom. The van der Waals surface area contributed by atoms with Crippen LogP contribution in [0, 0.1) is 6.92 Å². The first kappa shape index (κ1) is 12.2. The van der Waals surface area contributed by atoms with Crippen LogP contribution in [0.5, 0.6) is 0 Å². The number of rotatable bonds is 6. The van der Waals surface area contributed by atoms with Crippen LogP contribution in [0.4, 0.5) is 0 Å². The lowest BCUT2D eigenvalue weighted by atomic mass is 10.0. The minimum Gasteiger partial charge on any atom is -0.310 e. The molecule has 0 aliphatic carbocycles. The summed E-state index contributed by atoms with van der Waals surface area (Å²) in [5, 5.41) is 3.57. The van der Waals surface area contributed by atoms with E-state index in [0.29, 0.717) is 6.04 Å². The molecule has 1 unspecified atom stereocenters. The molecule has 1 heterocycles. The third-order valence-electron chi connectivity index (χ3n) is 2.52. The van der Waals surface area contributed by atoms with Gasteiger partial charge in [0.2, 0.25) is 0 Å². The lowest BCUT2D eigenvalue weighted by Crippen LogP contribution is -2.22. The summed E-state index contributed by atoms with van der Waals surface area (Å²) in [6, 6.07) is 2.71. The molecule has 0 amide bonds. The van der Waals surface area contributed by atoms with Crippen LogP contribution in [-0.4, -0.2) is 11.5 Å². The molecule has 0 aliphatic rings. The highest BCUT2D eigenvalue weighted by Gasteiger charge is 2.09. The van der Waals surface area contributed by atoms with E-state index >= 15 is 0 Å². The van der Waals surface area contributed by atoms with Crippen LogP contribution in [0.2, 0.25) is 0 Å². The zero-order valence-electron chi connectivity index (χ0n) is 10.1. The van der Waals surface area contributed by atoms with E-state index in [1.54, 1.807) is 0 Å². The van der Waals surface area contributed by atoms with Gasteiger partial charge in [-0.3, -0.25) is 4.98 Å². The lowest BCUT2D eigenvalue weighted by Gasteiger charge is -2.18. The van der Waals surface area contributed by atoms with Gasteiger partial charge in [0.25, 0.3) is 0 Å². The van der Waals surface area contributed by atoms with Crippen molar-refractivity contribution in [2.45, 2.75) is 46.1 Å². The molecule has 0 spiro atoms. The highest BCUT2D eigenvalue weighted by molar-refractivity contribution is 5.20. The van der Waals surface area contributed by atoms with E-state index in [1.807, 2.05) is 12.4 Å². The van der Waals surface area contributed by atoms with Gasteiger partial charge in [-0.2, -0.15) is 0 Å². The molecule has 1 rings (SSSR count). The predicted octanol–water partition coefficient (Wildman–Crippen LogP) is 3.23. The average Bonchev–Trinajstić information content (AvgIpc) is 2.24. The minimum absolute atomic E-state index is 0.474. The minimum atomic E-state index is 0.474. The van der Waals surface area contributed by atoms with Crippen molar-refractivity contribution in [3.05, 3.63) is 29.6 Å². The van der Waals surface area contributed by atoms with Gasteiger partial charge in [0.1, 0.15) is 0 Å². The summed E-state index contributed by atoms with van der Waals surface area (Å²) in [5.41, 5.74) is 2.57. The highest BCUT2D eigenvalue weighted by atomic mass is 14.9. The third-order valence-corrected chi connectivity index (χ3v) is 2.52. The Labute approximate surface area is 93.1 Å². The average molecular weight is 206 g/mol. The van der Waals surface area contributed by atoms with Crippen molar-refractivity contribution in [1.29, 1.82) is 0 Å². The van der Waals surface area contributed by atoms with Crippen molar-refractivity contribution < 1.29 is 0 Å². The van der Waals surface area contributed by atoms with Gasteiger partial charge in [-0.15, -0.1) is 0 Å².